The van der Waals surface area contributed by atoms with Gasteiger partial charge in [-0.05, 0) is 43.2 Å². The van der Waals surface area contributed by atoms with Crippen LogP contribution in [-0.2, 0) is 0 Å². The van der Waals surface area contributed by atoms with E-state index in [1.165, 1.54) is 19.3 Å². The molecule has 1 aromatic carbocycles. The average molecular weight is 270 g/mol. The quantitative estimate of drug-likeness (QED) is 0.877. The lowest BCUT2D eigenvalue weighted by atomic mass is 9.80. The topological polar surface area (TPSA) is 63.8 Å². The molecule has 1 fully saturated rings. The van der Waals surface area contributed by atoms with Gasteiger partial charge in [0.05, 0.1) is 11.0 Å². The number of anilines is 2. The molecule has 106 valence electrons. The Morgan fingerprint density at radius 3 is 2.50 bits per heavy atom. The summed E-state index contributed by atoms with van der Waals surface area (Å²) in [6.45, 7) is 4.63. The van der Waals surface area contributed by atoms with Crippen LogP contribution in [0.3, 0.4) is 0 Å². The molecular formula is C16H22N4. The number of aromatic nitrogens is 2. The standard InChI is InChI=1S/C16H22N4/c1-10-7-8-12(11(2)9-10)19-16-15(17)18-13-5-3-4-6-14(13)20-16/h3-6,10-12H,7-9H2,1-2H3,(H2,17,18)(H,19,20). The minimum Gasteiger partial charge on any atom is -0.381 e. The van der Waals surface area contributed by atoms with Gasteiger partial charge in [-0.2, -0.15) is 0 Å². The van der Waals surface area contributed by atoms with E-state index in [-0.39, 0.29) is 0 Å². The first-order chi connectivity index (χ1) is 9.63. The Kier molecular flexibility index (Phi) is 3.47. The molecule has 0 saturated heterocycles. The molecule has 0 spiro atoms. The van der Waals surface area contributed by atoms with Gasteiger partial charge in [-0.3, -0.25) is 0 Å². The van der Waals surface area contributed by atoms with E-state index >= 15 is 0 Å². The molecule has 0 radical (unpaired) electrons. The highest BCUT2D eigenvalue weighted by Gasteiger charge is 2.26. The summed E-state index contributed by atoms with van der Waals surface area (Å²) >= 11 is 0. The number of nitrogen functional groups attached to an aromatic ring is 1. The van der Waals surface area contributed by atoms with Crippen molar-refractivity contribution >= 4 is 22.7 Å². The highest BCUT2D eigenvalue weighted by Crippen LogP contribution is 2.31. The second kappa shape index (κ2) is 5.27. The Morgan fingerprint density at radius 2 is 1.80 bits per heavy atom. The number of nitrogens with two attached hydrogens (primary N) is 1. The van der Waals surface area contributed by atoms with Crippen molar-refractivity contribution in [1.82, 2.24) is 9.97 Å². The number of hydrogen-bond donors (Lipinski definition) is 2. The maximum Gasteiger partial charge on any atom is 0.169 e. The molecule has 1 saturated carbocycles. The Balaban J connectivity index is 1.85. The van der Waals surface area contributed by atoms with Gasteiger partial charge in [-0.1, -0.05) is 26.0 Å². The molecule has 1 heterocycles. The number of para-hydroxylation sites is 2. The molecule has 0 bridgehead atoms. The minimum atomic E-state index is 0.448. The van der Waals surface area contributed by atoms with Gasteiger partial charge in [0.1, 0.15) is 0 Å². The zero-order valence-electron chi connectivity index (χ0n) is 12.1. The molecule has 3 atom stereocenters. The van der Waals surface area contributed by atoms with Gasteiger partial charge >= 0.3 is 0 Å². The van der Waals surface area contributed by atoms with Crippen LogP contribution in [0.4, 0.5) is 11.6 Å². The fourth-order valence-electron chi connectivity index (χ4n) is 3.18. The molecule has 0 amide bonds. The summed E-state index contributed by atoms with van der Waals surface area (Å²) in [6.07, 6.45) is 3.71. The van der Waals surface area contributed by atoms with Crippen LogP contribution in [0.2, 0.25) is 0 Å². The Hall–Kier alpha value is -1.84. The predicted octanol–water partition coefficient (Wildman–Crippen LogP) is 3.45. The summed E-state index contributed by atoms with van der Waals surface area (Å²) in [6, 6.07) is 8.28. The largest absolute Gasteiger partial charge is 0.381 e. The maximum absolute atomic E-state index is 6.04. The first-order valence-electron chi connectivity index (χ1n) is 7.42. The zero-order chi connectivity index (χ0) is 14.1. The fraction of sp³-hybridized carbons (Fsp3) is 0.500. The molecule has 1 aliphatic carbocycles. The molecule has 1 aromatic heterocycles. The van der Waals surface area contributed by atoms with Crippen LogP contribution in [-0.4, -0.2) is 16.0 Å². The number of rotatable bonds is 2. The molecule has 3 N–H and O–H groups in total. The van der Waals surface area contributed by atoms with Crippen LogP contribution < -0.4 is 11.1 Å². The summed E-state index contributed by atoms with van der Waals surface area (Å²) in [7, 11) is 0. The Morgan fingerprint density at radius 1 is 1.10 bits per heavy atom. The number of benzene rings is 1. The van der Waals surface area contributed by atoms with Gasteiger partial charge < -0.3 is 11.1 Å². The third-order valence-electron chi connectivity index (χ3n) is 4.35. The van der Waals surface area contributed by atoms with Crippen molar-refractivity contribution < 1.29 is 0 Å². The SMILES string of the molecule is CC1CCC(Nc2nc3ccccc3nc2N)C(C)C1. The van der Waals surface area contributed by atoms with E-state index in [0.29, 0.717) is 17.8 Å². The smallest absolute Gasteiger partial charge is 0.169 e. The highest BCUT2D eigenvalue weighted by molar-refractivity contribution is 5.79. The first kappa shape index (κ1) is 13.2. The normalized spacial score (nSPS) is 26.6. The van der Waals surface area contributed by atoms with E-state index < -0.39 is 0 Å². The molecular weight excluding hydrogens is 248 g/mol. The number of nitrogens with one attached hydrogen (secondary N) is 1. The molecule has 3 unspecified atom stereocenters. The number of fused-ring (bicyclic) bond motifs is 1. The monoisotopic (exact) mass is 270 g/mol. The van der Waals surface area contributed by atoms with Gasteiger partial charge in [0.15, 0.2) is 11.6 Å². The third-order valence-corrected chi connectivity index (χ3v) is 4.35. The van der Waals surface area contributed by atoms with Crippen LogP contribution >= 0.6 is 0 Å². The van der Waals surface area contributed by atoms with Gasteiger partial charge in [-0.15, -0.1) is 0 Å². The average Bonchev–Trinajstić information content (AvgIpc) is 2.42. The van der Waals surface area contributed by atoms with Crippen molar-refractivity contribution in [3.8, 4) is 0 Å². The Bertz CT molecular complexity index is 610. The summed E-state index contributed by atoms with van der Waals surface area (Å²) in [4.78, 5) is 9.06. The Labute approximate surface area is 119 Å². The lowest BCUT2D eigenvalue weighted by Crippen LogP contribution is -2.33. The molecule has 20 heavy (non-hydrogen) atoms. The molecule has 3 rings (SSSR count). The summed E-state index contributed by atoms with van der Waals surface area (Å²) in [5.74, 6) is 2.69. The first-order valence-corrected chi connectivity index (χ1v) is 7.42. The van der Waals surface area contributed by atoms with E-state index in [2.05, 4.69) is 29.1 Å². The van der Waals surface area contributed by atoms with E-state index in [0.717, 1.165) is 22.8 Å². The van der Waals surface area contributed by atoms with Crippen molar-refractivity contribution in [2.45, 2.75) is 39.2 Å². The van der Waals surface area contributed by atoms with Gasteiger partial charge in [0, 0.05) is 6.04 Å². The highest BCUT2D eigenvalue weighted by atomic mass is 15.1. The van der Waals surface area contributed by atoms with Gasteiger partial charge in [0.2, 0.25) is 0 Å². The van der Waals surface area contributed by atoms with Crippen LogP contribution in [0.15, 0.2) is 24.3 Å². The van der Waals surface area contributed by atoms with E-state index in [9.17, 15) is 0 Å². The van der Waals surface area contributed by atoms with Crippen molar-refractivity contribution in [2.24, 2.45) is 11.8 Å². The summed E-state index contributed by atoms with van der Waals surface area (Å²) in [5, 5.41) is 3.51. The van der Waals surface area contributed by atoms with E-state index in [4.69, 9.17) is 5.73 Å². The lowest BCUT2D eigenvalue weighted by Gasteiger charge is -2.33. The second-order valence-electron chi connectivity index (χ2n) is 6.09. The van der Waals surface area contributed by atoms with Gasteiger partial charge in [-0.25, -0.2) is 9.97 Å². The molecule has 4 nitrogen and oxygen atoms in total. The molecule has 4 heteroatoms. The zero-order valence-corrected chi connectivity index (χ0v) is 12.1. The van der Waals surface area contributed by atoms with E-state index in [1.807, 2.05) is 24.3 Å². The number of nitrogens with zero attached hydrogens (tertiary/aromatic N) is 2. The summed E-state index contributed by atoms with van der Waals surface area (Å²) in [5.41, 5.74) is 7.78. The van der Waals surface area contributed by atoms with Crippen LogP contribution in [0.25, 0.3) is 11.0 Å². The number of hydrogen-bond acceptors (Lipinski definition) is 4. The minimum absolute atomic E-state index is 0.448. The lowest BCUT2D eigenvalue weighted by molar-refractivity contribution is 0.276. The van der Waals surface area contributed by atoms with Crippen molar-refractivity contribution in [2.75, 3.05) is 11.1 Å². The van der Waals surface area contributed by atoms with Crippen molar-refractivity contribution in [3.05, 3.63) is 24.3 Å². The molecule has 1 aliphatic rings. The van der Waals surface area contributed by atoms with Gasteiger partial charge in [0.25, 0.3) is 0 Å². The van der Waals surface area contributed by atoms with Crippen LogP contribution in [0, 0.1) is 11.8 Å². The second-order valence-corrected chi connectivity index (χ2v) is 6.09. The van der Waals surface area contributed by atoms with E-state index in [1.54, 1.807) is 0 Å². The molecule has 2 aromatic rings. The predicted molar refractivity (Wildman–Crippen MR) is 83.5 cm³/mol. The fourth-order valence-corrected chi connectivity index (χ4v) is 3.18. The third kappa shape index (κ3) is 2.55. The maximum atomic E-state index is 6.04. The van der Waals surface area contributed by atoms with Crippen molar-refractivity contribution in [3.63, 3.8) is 0 Å². The van der Waals surface area contributed by atoms with Crippen LogP contribution in [0.5, 0.6) is 0 Å². The summed E-state index contributed by atoms with van der Waals surface area (Å²) < 4.78 is 0. The van der Waals surface area contributed by atoms with Crippen molar-refractivity contribution in [1.29, 1.82) is 0 Å². The molecule has 0 aliphatic heterocycles. The van der Waals surface area contributed by atoms with Crippen LogP contribution in [0.1, 0.15) is 33.1 Å².